The Labute approximate surface area is 96.8 Å². The van der Waals surface area contributed by atoms with Crippen LogP contribution in [0.25, 0.3) is 0 Å². The van der Waals surface area contributed by atoms with Gasteiger partial charge in [-0.1, -0.05) is 22.6 Å². The van der Waals surface area contributed by atoms with Crippen molar-refractivity contribution in [1.82, 2.24) is 4.98 Å². The number of nitrogens with zero attached hydrogens (tertiary/aromatic N) is 1. The Hall–Kier alpha value is -0.560. The lowest BCUT2D eigenvalue weighted by Gasteiger charge is -2.09. The first-order valence-electron chi connectivity index (χ1n) is 4.32. The molecule has 2 N–H and O–H groups in total. The van der Waals surface area contributed by atoms with Crippen LogP contribution in [0.1, 0.15) is 6.92 Å². The van der Waals surface area contributed by atoms with Gasteiger partial charge in [-0.2, -0.15) is 0 Å². The van der Waals surface area contributed by atoms with Crippen LogP contribution in [0.3, 0.4) is 0 Å². The minimum absolute atomic E-state index is 0.0216. The van der Waals surface area contributed by atoms with E-state index >= 15 is 0 Å². The maximum absolute atomic E-state index is 8.58. The second-order valence-corrected chi connectivity index (χ2v) is 4.58. The second kappa shape index (κ2) is 6.02. The van der Waals surface area contributed by atoms with Crippen molar-refractivity contribution in [3.05, 3.63) is 18.3 Å². The summed E-state index contributed by atoms with van der Waals surface area (Å²) in [6, 6.07) is 3.57. The van der Waals surface area contributed by atoms with Crippen molar-refractivity contribution in [3.8, 4) is 5.75 Å². The first kappa shape index (κ1) is 11.5. The van der Waals surface area contributed by atoms with Gasteiger partial charge in [0.25, 0.3) is 0 Å². The zero-order valence-corrected chi connectivity index (χ0v) is 10.1. The molecule has 0 saturated heterocycles. The predicted molar refractivity (Wildman–Crippen MR) is 63.9 cm³/mol. The van der Waals surface area contributed by atoms with E-state index in [9.17, 15) is 0 Å². The number of aliphatic hydroxyl groups excluding tert-OH is 1. The number of alkyl halides is 1. The average molecular weight is 308 g/mol. The quantitative estimate of drug-likeness (QED) is 0.493. The van der Waals surface area contributed by atoms with Crippen LogP contribution in [0, 0.1) is 0 Å². The summed E-state index contributed by atoms with van der Waals surface area (Å²) in [5.41, 5.74) is 0. The normalized spacial score (nSPS) is 12.2. The molecule has 1 aromatic rings. The van der Waals surface area contributed by atoms with E-state index in [-0.39, 0.29) is 6.61 Å². The molecule has 1 aromatic heterocycles. The zero-order valence-electron chi connectivity index (χ0n) is 7.90. The topological polar surface area (TPSA) is 54.4 Å². The number of ether oxygens (including phenoxy) is 1. The molecule has 1 unspecified atom stereocenters. The number of aromatic nitrogens is 1. The summed E-state index contributed by atoms with van der Waals surface area (Å²) in [5, 5.41) is 11.7. The largest absolute Gasteiger partial charge is 0.491 e. The van der Waals surface area contributed by atoms with Gasteiger partial charge in [-0.25, -0.2) is 4.98 Å². The van der Waals surface area contributed by atoms with Crippen LogP contribution < -0.4 is 10.1 Å². The van der Waals surface area contributed by atoms with Crippen molar-refractivity contribution in [2.45, 2.75) is 11.0 Å². The fraction of sp³-hybridized carbons (Fsp3) is 0.444. The third kappa shape index (κ3) is 4.10. The summed E-state index contributed by atoms with van der Waals surface area (Å²) in [7, 11) is 0. The molecule has 4 nitrogen and oxygen atoms in total. The lowest BCUT2D eigenvalue weighted by atomic mass is 10.4. The predicted octanol–water partition coefficient (Wildman–Crippen LogP) is 1.65. The number of rotatable bonds is 5. The monoisotopic (exact) mass is 308 g/mol. The number of anilines is 1. The van der Waals surface area contributed by atoms with Crippen molar-refractivity contribution < 1.29 is 9.84 Å². The van der Waals surface area contributed by atoms with E-state index in [0.717, 1.165) is 5.82 Å². The first-order valence-corrected chi connectivity index (χ1v) is 5.57. The van der Waals surface area contributed by atoms with E-state index in [2.05, 4.69) is 32.9 Å². The maximum atomic E-state index is 8.58. The van der Waals surface area contributed by atoms with Crippen LogP contribution >= 0.6 is 22.6 Å². The fourth-order valence-electron chi connectivity index (χ4n) is 0.947. The first-order chi connectivity index (χ1) is 6.72. The molecule has 78 valence electrons. The van der Waals surface area contributed by atoms with Gasteiger partial charge in [0.1, 0.15) is 18.2 Å². The van der Waals surface area contributed by atoms with Crippen molar-refractivity contribution >= 4 is 28.4 Å². The molecule has 0 aliphatic heterocycles. The van der Waals surface area contributed by atoms with Crippen LogP contribution in [0.15, 0.2) is 18.3 Å². The summed E-state index contributed by atoms with van der Waals surface area (Å²) in [5.74, 6) is 1.50. The van der Waals surface area contributed by atoms with Gasteiger partial charge in [-0.05, 0) is 13.0 Å². The van der Waals surface area contributed by atoms with Gasteiger partial charge >= 0.3 is 0 Å². The Morgan fingerprint density at radius 3 is 3.14 bits per heavy atom. The molecule has 14 heavy (non-hydrogen) atoms. The number of aliphatic hydroxyl groups is 1. The molecule has 0 aliphatic carbocycles. The highest BCUT2D eigenvalue weighted by atomic mass is 127. The molecule has 0 bridgehead atoms. The molecule has 1 heterocycles. The minimum Gasteiger partial charge on any atom is -0.491 e. The van der Waals surface area contributed by atoms with Gasteiger partial charge in [0.15, 0.2) is 0 Å². The van der Waals surface area contributed by atoms with Crippen LogP contribution in [0.2, 0.25) is 0 Å². The van der Waals surface area contributed by atoms with E-state index in [4.69, 9.17) is 9.84 Å². The number of nitrogens with one attached hydrogen (secondary N) is 1. The smallest absolute Gasteiger partial charge is 0.130 e. The van der Waals surface area contributed by atoms with Crippen LogP contribution in [-0.2, 0) is 0 Å². The highest BCUT2D eigenvalue weighted by Gasteiger charge is 1.99. The van der Waals surface area contributed by atoms with Gasteiger partial charge in [0, 0.05) is 12.3 Å². The molecule has 1 atom stereocenters. The molecule has 0 fully saturated rings. The molecule has 0 saturated carbocycles. The molecule has 1 rings (SSSR count). The summed E-state index contributed by atoms with van der Waals surface area (Å²) in [4.78, 5) is 4.13. The molecular formula is C9H13IN2O2. The molecule has 0 spiro atoms. The van der Waals surface area contributed by atoms with Crippen molar-refractivity contribution in [1.29, 1.82) is 0 Å². The number of pyridine rings is 1. The van der Waals surface area contributed by atoms with Crippen molar-refractivity contribution in [2.75, 3.05) is 18.5 Å². The van der Waals surface area contributed by atoms with Crippen LogP contribution in [-0.4, -0.2) is 27.4 Å². The minimum atomic E-state index is 0.0216. The average Bonchev–Trinajstić information content (AvgIpc) is 2.14. The standard InChI is InChI=1S/C9H13IN2O2/c1-7(10)12-9-6-8(2-3-11-9)14-5-4-13/h2-3,6-7,13H,4-5H2,1H3,(H,11,12). The van der Waals surface area contributed by atoms with E-state index in [0.29, 0.717) is 16.4 Å². The Kier molecular flexibility index (Phi) is 4.95. The van der Waals surface area contributed by atoms with Gasteiger partial charge in [0.05, 0.1) is 10.7 Å². The van der Waals surface area contributed by atoms with Crippen molar-refractivity contribution in [2.24, 2.45) is 0 Å². The van der Waals surface area contributed by atoms with E-state index < -0.39 is 0 Å². The Morgan fingerprint density at radius 1 is 1.71 bits per heavy atom. The molecule has 0 aliphatic rings. The SMILES string of the molecule is CC(I)Nc1cc(OCCO)ccn1. The van der Waals surface area contributed by atoms with Gasteiger partial charge in [-0.15, -0.1) is 0 Å². The fourth-order valence-corrected chi connectivity index (χ4v) is 1.27. The Morgan fingerprint density at radius 2 is 2.50 bits per heavy atom. The van der Waals surface area contributed by atoms with E-state index in [1.54, 1.807) is 12.3 Å². The Bertz CT molecular complexity index is 281. The lowest BCUT2D eigenvalue weighted by Crippen LogP contribution is -2.08. The maximum Gasteiger partial charge on any atom is 0.130 e. The Balaban J connectivity index is 2.59. The second-order valence-electron chi connectivity index (χ2n) is 2.71. The van der Waals surface area contributed by atoms with E-state index in [1.165, 1.54) is 0 Å². The highest BCUT2D eigenvalue weighted by molar-refractivity contribution is 14.1. The van der Waals surface area contributed by atoms with Crippen LogP contribution in [0.4, 0.5) is 5.82 Å². The van der Waals surface area contributed by atoms with E-state index in [1.807, 2.05) is 13.0 Å². The molecule has 5 heteroatoms. The van der Waals surface area contributed by atoms with Crippen LogP contribution in [0.5, 0.6) is 5.75 Å². The number of hydrogen-bond acceptors (Lipinski definition) is 4. The molecular weight excluding hydrogens is 295 g/mol. The summed E-state index contributed by atoms with van der Waals surface area (Å²) in [6.07, 6.45) is 1.67. The third-order valence-corrected chi connectivity index (χ3v) is 1.75. The zero-order chi connectivity index (χ0) is 10.4. The number of halogens is 1. The highest BCUT2D eigenvalue weighted by Crippen LogP contribution is 2.16. The molecule has 0 radical (unpaired) electrons. The van der Waals surface area contributed by atoms with Crippen molar-refractivity contribution in [3.63, 3.8) is 0 Å². The molecule has 0 aromatic carbocycles. The number of hydrogen-bond donors (Lipinski definition) is 2. The third-order valence-electron chi connectivity index (χ3n) is 1.44. The van der Waals surface area contributed by atoms with Gasteiger partial charge in [0.2, 0.25) is 0 Å². The van der Waals surface area contributed by atoms with Gasteiger partial charge in [-0.3, -0.25) is 0 Å². The molecule has 0 amide bonds. The lowest BCUT2D eigenvalue weighted by molar-refractivity contribution is 0.201. The van der Waals surface area contributed by atoms with Gasteiger partial charge < -0.3 is 15.2 Å². The summed E-state index contributed by atoms with van der Waals surface area (Å²) < 4.78 is 5.56. The summed E-state index contributed by atoms with van der Waals surface area (Å²) >= 11 is 2.25. The summed E-state index contributed by atoms with van der Waals surface area (Å²) in [6.45, 7) is 2.36.